The van der Waals surface area contributed by atoms with E-state index in [0.717, 1.165) is 12.1 Å². The summed E-state index contributed by atoms with van der Waals surface area (Å²) in [6, 6.07) is 14.1. The first kappa shape index (κ1) is 20.9. The van der Waals surface area contributed by atoms with Crippen LogP contribution in [0.15, 0.2) is 75.8 Å². The van der Waals surface area contributed by atoms with Gasteiger partial charge >= 0.3 is 0 Å². The van der Waals surface area contributed by atoms with E-state index in [2.05, 4.69) is 5.32 Å². The number of hydrogen-bond acceptors (Lipinski definition) is 4. The topological polar surface area (TPSA) is 84.5 Å². The number of aromatic nitrogens is 1. The molecule has 3 aromatic rings. The van der Waals surface area contributed by atoms with Gasteiger partial charge in [-0.3, -0.25) is 14.4 Å². The highest BCUT2D eigenvalue weighted by molar-refractivity contribution is 6.04. The summed E-state index contributed by atoms with van der Waals surface area (Å²) in [5.41, 5.74) is 1.38. The largest absolute Gasteiger partial charge is 0.459 e. The Hall–Kier alpha value is -3.94. The summed E-state index contributed by atoms with van der Waals surface area (Å²) in [7, 11) is 0. The lowest BCUT2D eigenvalue weighted by molar-refractivity contribution is -0.130. The number of piperidine rings is 1. The minimum atomic E-state index is -0.565. The number of nitrogens with zero attached hydrogens (tertiary/aromatic N) is 2. The molecular weight excluding hydrogens is 425 g/mol. The third-order valence-electron chi connectivity index (χ3n) is 6.15. The summed E-state index contributed by atoms with van der Waals surface area (Å²) < 4.78 is 20.7. The Kier molecular flexibility index (Phi) is 5.42. The predicted octanol–water partition coefficient (Wildman–Crippen LogP) is 3.00. The zero-order valence-corrected chi connectivity index (χ0v) is 17.7. The Morgan fingerprint density at radius 1 is 1.06 bits per heavy atom. The van der Waals surface area contributed by atoms with Gasteiger partial charge < -0.3 is 19.2 Å². The van der Waals surface area contributed by atoms with E-state index in [9.17, 15) is 18.8 Å². The summed E-state index contributed by atoms with van der Waals surface area (Å²) in [6.07, 6.45) is 3.74. The van der Waals surface area contributed by atoms with Gasteiger partial charge in [-0.15, -0.1) is 0 Å². The number of carbonyl (C=O) groups excluding carboxylic acids is 2. The fraction of sp³-hybridized carbons (Fsp3) is 0.240. The van der Waals surface area contributed by atoms with Gasteiger partial charge in [-0.05, 0) is 54.3 Å². The molecule has 2 aromatic heterocycles. The van der Waals surface area contributed by atoms with Crippen LogP contribution in [-0.2, 0) is 11.3 Å². The highest BCUT2D eigenvalue weighted by Crippen LogP contribution is 2.35. The number of fused-ring (bicyclic) bond motifs is 4. The molecule has 7 nitrogen and oxygen atoms in total. The molecular formula is C25H22FN3O4. The second kappa shape index (κ2) is 8.54. The highest BCUT2D eigenvalue weighted by atomic mass is 19.1. The van der Waals surface area contributed by atoms with E-state index in [1.807, 2.05) is 6.07 Å². The van der Waals surface area contributed by atoms with Gasteiger partial charge in [0, 0.05) is 37.3 Å². The van der Waals surface area contributed by atoms with Crippen molar-refractivity contribution in [1.82, 2.24) is 14.8 Å². The number of pyridine rings is 1. The van der Waals surface area contributed by atoms with E-state index in [0.29, 0.717) is 25.2 Å². The number of hydrogen-bond donors (Lipinski definition) is 1. The first-order valence-corrected chi connectivity index (χ1v) is 10.8. The molecule has 1 aromatic carbocycles. The molecule has 4 heterocycles. The predicted molar refractivity (Wildman–Crippen MR) is 119 cm³/mol. The maximum absolute atomic E-state index is 13.7. The fourth-order valence-corrected chi connectivity index (χ4v) is 4.74. The Balaban J connectivity index is 1.44. The van der Waals surface area contributed by atoms with Crippen LogP contribution < -0.4 is 10.9 Å². The molecule has 0 saturated carbocycles. The minimum Gasteiger partial charge on any atom is -0.459 e. The lowest BCUT2D eigenvalue weighted by Gasteiger charge is -2.42. The van der Waals surface area contributed by atoms with E-state index in [-0.39, 0.29) is 34.8 Å². The lowest BCUT2D eigenvalue weighted by Crippen LogP contribution is -2.50. The number of likely N-dealkylation sites (tertiary alicyclic amines) is 1. The molecule has 33 heavy (non-hydrogen) atoms. The molecule has 1 N–H and O–H groups in total. The quantitative estimate of drug-likeness (QED) is 0.624. The summed E-state index contributed by atoms with van der Waals surface area (Å²) in [4.78, 5) is 40.2. The van der Waals surface area contributed by atoms with E-state index in [4.69, 9.17) is 4.42 Å². The Labute approximate surface area is 189 Å². The Morgan fingerprint density at radius 3 is 2.70 bits per heavy atom. The van der Waals surface area contributed by atoms with Crippen molar-refractivity contribution in [1.29, 1.82) is 0 Å². The number of nitrogens with one attached hydrogen (secondary N) is 1. The van der Waals surface area contributed by atoms with Gasteiger partial charge in [0.25, 0.3) is 17.4 Å². The SMILES string of the molecule is O=C(NC(=Cc1cccc(F)c1)C(=O)N1CC2CC(C1)c1cccc(=O)n1C2)c1ccco1. The van der Waals surface area contributed by atoms with Gasteiger partial charge in [-0.2, -0.15) is 0 Å². The van der Waals surface area contributed by atoms with Crippen LogP contribution in [0.25, 0.3) is 6.08 Å². The van der Waals surface area contributed by atoms with Gasteiger partial charge in [-0.25, -0.2) is 4.39 Å². The maximum Gasteiger partial charge on any atom is 0.291 e. The van der Waals surface area contributed by atoms with Crippen LogP contribution in [0.2, 0.25) is 0 Å². The molecule has 8 heteroatoms. The molecule has 0 aliphatic carbocycles. The molecule has 1 fully saturated rings. The van der Waals surface area contributed by atoms with Crippen molar-refractivity contribution < 1.29 is 18.4 Å². The van der Waals surface area contributed by atoms with Crippen molar-refractivity contribution in [3.8, 4) is 0 Å². The van der Waals surface area contributed by atoms with Crippen molar-refractivity contribution in [3.63, 3.8) is 0 Å². The number of halogens is 1. The van der Waals surface area contributed by atoms with Crippen molar-refractivity contribution in [2.45, 2.75) is 18.9 Å². The van der Waals surface area contributed by atoms with Gasteiger partial charge in [-0.1, -0.05) is 18.2 Å². The summed E-state index contributed by atoms with van der Waals surface area (Å²) >= 11 is 0. The lowest BCUT2D eigenvalue weighted by atomic mass is 9.83. The molecule has 1 saturated heterocycles. The third kappa shape index (κ3) is 4.24. The molecule has 2 atom stereocenters. The number of furan rings is 1. The zero-order chi connectivity index (χ0) is 22.9. The molecule has 2 unspecified atom stereocenters. The van der Waals surface area contributed by atoms with Crippen molar-refractivity contribution in [2.24, 2.45) is 5.92 Å². The van der Waals surface area contributed by atoms with E-state index >= 15 is 0 Å². The fourth-order valence-electron chi connectivity index (χ4n) is 4.74. The summed E-state index contributed by atoms with van der Waals surface area (Å²) in [5, 5.41) is 2.64. The number of rotatable bonds is 4. The molecule has 2 amide bonds. The summed E-state index contributed by atoms with van der Waals surface area (Å²) in [6.45, 7) is 1.44. The van der Waals surface area contributed by atoms with E-state index in [1.54, 1.807) is 33.7 Å². The van der Waals surface area contributed by atoms with Crippen LogP contribution in [0.4, 0.5) is 4.39 Å². The molecule has 2 aliphatic heterocycles. The molecule has 0 radical (unpaired) electrons. The number of carbonyl (C=O) groups is 2. The maximum atomic E-state index is 13.7. The highest BCUT2D eigenvalue weighted by Gasteiger charge is 2.37. The van der Waals surface area contributed by atoms with Gasteiger partial charge in [0.15, 0.2) is 5.76 Å². The average molecular weight is 447 g/mol. The minimum absolute atomic E-state index is 0.0284. The second-order valence-corrected chi connectivity index (χ2v) is 8.45. The zero-order valence-electron chi connectivity index (χ0n) is 17.7. The van der Waals surface area contributed by atoms with Gasteiger partial charge in [0.2, 0.25) is 0 Å². The average Bonchev–Trinajstić information content (AvgIpc) is 3.34. The molecule has 168 valence electrons. The van der Waals surface area contributed by atoms with Crippen LogP contribution in [0.1, 0.15) is 34.2 Å². The number of amides is 2. The van der Waals surface area contributed by atoms with Crippen molar-refractivity contribution in [3.05, 3.63) is 99.7 Å². The van der Waals surface area contributed by atoms with E-state index < -0.39 is 11.7 Å². The standard InChI is InChI=1S/C25H22FN3O4/c26-19-5-1-4-16(11-19)12-20(27-24(31)22-7-3-9-33-22)25(32)28-13-17-10-18(15-28)21-6-2-8-23(30)29(21)14-17/h1-9,11-12,17-18H,10,13-15H2,(H,27,31). The first-order valence-electron chi connectivity index (χ1n) is 10.8. The summed E-state index contributed by atoms with van der Waals surface area (Å²) in [5.74, 6) is -1.13. The van der Waals surface area contributed by atoms with Crippen LogP contribution in [0, 0.1) is 11.7 Å². The molecule has 2 bridgehead atoms. The van der Waals surface area contributed by atoms with Gasteiger partial charge in [0.05, 0.1) is 6.26 Å². The Bertz CT molecular complexity index is 1290. The van der Waals surface area contributed by atoms with Crippen LogP contribution in [-0.4, -0.2) is 34.4 Å². The smallest absolute Gasteiger partial charge is 0.291 e. The van der Waals surface area contributed by atoms with Crippen LogP contribution in [0.5, 0.6) is 0 Å². The normalized spacial score (nSPS) is 19.7. The molecule has 0 spiro atoms. The monoisotopic (exact) mass is 447 g/mol. The van der Waals surface area contributed by atoms with Crippen molar-refractivity contribution >= 4 is 17.9 Å². The van der Waals surface area contributed by atoms with Crippen LogP contribution >= 0.6 is 0 Å². The van der Waals surface area contributed by atoms with Crippen molar-refractivity contribution in [2.75, 3.05) is 13.1 Å². The van der Waals surface area contributed by atoms with Gasteiger partial charge in [0.1, 0.15) is 11.5 Å². The number of benzene rings is 1. The Morgan fingerprint density at radius 2 is 1.91 bits per heavy atom. The molecule has 5 rings (SSSR count). The second-order valence-electron chi connectivity index (χ2n) is 8.45. The van der Waals surface area contributed by atoms with E-state index in [1.165, 1.54) is 36.6 Å². The molecule has 2 aliphatic rings. The first-order chi connectivity index (χ1) is 16.0. The third-order valence-corrected chi connectivity index (χ3v) is 6.15. The van der Waals surface area contributed by atoms with Crippen LogP contribution in [0.3, 0.4) is 0 Å².